The molecule has 2 fully saturated rings. The van der Waals surface area contributed by atoms with Crippen LogP contribution in [0.15, 0.2) is 0 Å². The van der Waals surface area contributed by atoms with Crippen LogP contribution in [0, 0.1) is 23.2 Å². The summed E-state index contributed by atoms with van der Waals surface area (Å²) in [4.78, 5) is 17.2. The molecule has 0 aromatic heterocycles. The van der Waals surface area contributed by atoms with Crippen LogP contribution in [-0.4, -0.2) is 45.7 Å². The summed E-state index contributed by atoms with van der Waals surface area (Å²) < 4.78 is 21.9. The Morgan fingerprint density at radius 3 is 2.39 bits per heavy atom. The van der Waals surface area contributed by atoms with Crippen molar-refractivity contribution < 1.29 is 18.4 Å². The van der Waals surface area contributed by atoms with E-state index in [1.807, 2.05) is 6.92 Å². The molecular weight excluding hydrogens is 373 g/mol. The number of hydrogen-bond acceptors (Lipinski definition) is 3. The van der Waals surface area contributed by atoms with Gasteiger partial charge in [-0.1, -0.05) is 41.0 Å². The predicted molar refractivity (Wildman–Crippen MR) is 114 cm³/mol. The van der Waals surface area contributed by atoms with Gasteiger partial charge in [-0.15, -0.1) is 0 Å². The summed E-state index contributed by atoms with van der Waals surface area (Å²) in [7, 11) is 1.03. The lowest BCUT2D eigenvalue weighted by atomic mass is 9.61. The van der Waals surface area contributed by atoms with Crippen LogP contribution >= 0.6 is 0 Å². The summed E-state index contributed by atoms with van der Waals surface area (Å²) in [5.41, 5.74) is 0.0426. The lowest BCUT2D eigenvalue weighted by molar-refractivity contribution is -0.177. The van der Waals surface area contributed by atoms with Gasteiger partial charge in [0.2, 0.25) is 0 Å². The second-order valence-corrected chi connectivity index (χ2v) is 15.6. The molecule has 2 saturated carbocycles. The third-order valence-corrected chi connectivity index (χ3v) is 12.8. The van der Waals surface area contributed by atoms with Crippen LogP contribution in [0.3, 0.4) is 0 Å². The molecule has 1 amide bonds. The van der Waals surface area contributed by atoms with E-state index >= 15 is 4.39 Å². The van der Waals surface area contributed by atoms with Gasteiger partial charge >= 0.3 is 0 Å². The van der Waals surface area contributed by atoms with Crippen molar-refractivity contribution >= 4 is 14.2 Å². The maximum Gasteiger partial charge on any atom is 0.280 e. The highest BCUT2D eigenvalue weighted by Crippen LogP contribution is 2.59. The first-order valence-electron chi connectivity index (χ1n) is 10.9. The lowest BCUT2D eigenvalue weighted by Gasteiger charge is -2.50. The van der Waals surface area contributed by atoms with E-state index in [1.165, 1.54) is 14.2 Å². The summed E-state index contributed by atoms with van der Waals surface area (Å²) in [6.45, 7) is 15.7. The highest BCUT2D eigenvalue weighted by molar-refractivity contribution is 6.74. The second kappa shape index (κ2) is 8.35. The maximum atomic E-state index is 15.0. The van der Waals surface area contributed by atoms with Gasteiger partial charge in [0.05, 0.1) is 7.11 Å². The Labute approximate surface area is 172 Å². The van der Waals surface area contributed by atoms with Gasteiger partial charge in [-0.25, -0.2) is 9.45 Å². The van der Waals surface area contributed by atoms with Gasteiger partial charge in [0.1, 0.15) is 0 Å². The molecule has 4 nitrogen and oxygen atoms in total. The predicted octanol–water partition coefficient (Wildman–Crippen LogP) is 5.59. The summed E-state index contributed by atoms with van der Waals surface area (Å²) in [6.07, 6.45) is 4.14. The molecular formula is C22H42FNO3Si. The largest absolute Gasteiger partial charge is 0.414 e. The zero-order valence-electron chi connectivity index (χ0n) is 19.5. The topological polar surface area (TPSA) is 38.8 Å². The average Bonchev–Trinajstić information content (AvgIpc) is 2.95. The van der Waals surface area contributed by atoms with Gasteiger partial charge in [-0.05, 0) is 67.0 Å². The van der Waals surface area contributed by atoms with Crippen molar-refractivity contribution in [1.29, 1.82) is 0 Å². The molecule has 0 spiro atoms. The van der Waals surface area contributed by atoms with Crippen molar-refractivity contribution in [2.45, 2.75) is 97.1 Å². The highest BCUT2D eigenvalue weighted by Gasteiger charge is 2.56. The van der Waals surface area contributed by atoms with Crippen molar-refractivity contribution in [3.05, 3.63) is 0 Å². The Morgan fingerprint density at radius 1 is 1.25 bits per heavy atom. The van der Waals surface area contributed by atoms with Crippen molar-refractivity contribution in [1.82, 2.24) is 5.06 Å². The first-order valence-corrected chi connectivity index (χ1v) is 13.8. The maximum absolute atomic E-state index is 15.0. The van der Waals surface area contributed by atoms with Crippen LogP contribution in [0.5, 0.6) is 0 Å². The molecule has 2 aliphatic carbocycles. The minimum atomic E-state index is -1.85. The Morgan fingerprint density at radius 2 is 1.86 bits per heavy atom. The molecule has 0 radical (unpaired) electrons. The zero-order valence-corrected chi connectivity index (χ0v) is 20.5. The van der Waals surface area contributed by atoms with E-state index in [4.69, 9.17) is 9.26 Å². The fourth-order valence-corrected chi connectivity index (χ4v) is 6.81. The van der Waals surface area contributed by atoms with Crippen LogP contribution in [-0.2, 0) is 14.1 Å². The fourth-order valence-electron chi connectivity index (χ4n) is 5.41. The van der Waals surface area contributed by atoms with E-state index in [-0.39, 0.29) is 28.4 Å². The molecule has 0 saturated heterocycles. The molecule has 2 rings (SSSR count). The molecule has 0 unspecified atom stereocenters. The van der Waals surface area contributed by atoms with Crippen molar-refractivity contribution in [2.24, 2.45) is 23.2 Å². The highest BCUT2D eigenvalue weighted by atomic mass is 28.4. The van der Waals surface area contributed by atoms with Gasteiger partial charge in [-0.2, -0.15) is 0 Å². The Balaban J connectivity index is 2.18. The number of nitrogens with zero attached hydrogens (tertiary/aromatic N) is 1. The molecule has 6 atom stereocenters. The number of fused-ring (bicyclic) bond motifs is 1. The molecule has 0 bridgehead atoms. The molecule has 0 aliphatic heterocycles. The number of amides is 1. The van der Waals surface area contributed by atoms with Gasteiger partial charge < -0.3 is 4.43 Å². The molecule has 2 aliphatic rings. The molecule has 0 N–H and O–H groups in total. The third-order valence-electron chi connectivity index (χ3n) is 8.30. The first-order chi connectivity index (χ1) is 12.8. The van der Waals surface area contributed by atoms with Crippen molar-refractivity contribution in [3.63, 3.8) is 0 Å². The van der Waals surface area contributed by atoms with Crippen LogP contribution in [0.4, 0.5) is 4.39 Å². The minimum Gasteiger partial charge on any atom is -0.414 e. The molecule has 0 aromatic carbocycles. The number of hydroxylamine groups is 2. The number of hydrogen-bond donors (Lipinski definition) is 0. The summed E-state index contributed by atoms with van der Waals surface area (Å²) in [5.74, 6) is -0.226. The zero-order chi connectivity index (χ0) is 21.5. The molecule has 28 heavy (non-hydrogen) atoms. The van der Waals surface area contributed by atoms with Crippen LogP contribution < -0.4 is 0 Å². The monoisotopic (exact) mass is 415 g/mol. The van der Waals surface area contributed by atoms with E-state index in [1.54, 1.807) is 0 Å². The van der Waals surface area contributed by atoms with Gasteiger partial charge in [0, 0.05) is 13.2 Å². The smallest absolute Gasteiger partial charge is 0.280 e. The number of rotatable bonds is 6. The minimum absolute atomic E-state index is 0.0426. The number of carbonyl (C=O) groups is 1. The Kier molecular flexibility index (Phi) is 7.10. The van der Waals surface area contributed by atoms with Crippen LogP contribution in [0.2, 0.25) is 18.1 Å². The van der Waals surface area contributed by atoms with Gasteiger partial charge in [-0.3, -0.25) is 9.63 Å². The Hall–Kier alpha value is -0.463. The lowest BCUT2D eigenvalue weighted by Crippen LogP contribution is -2.51. The standard InChI is InChI=1S/C22H42FNO3Si/c1-15(19(23)20(25)24(6)26-7)16-12-13-17-18(11-10-14-22(16,17)5)27-28(8,9)21(2,3)4/h15-19H,10-14H2,1-9H3/t15-,16+,17-,18-,19+,22+/m0/s1. The Bertz CT molecular complexity index is 564. The third kappa shape index (κ3) is 4.34. The normalized spacial score (nSPS) is 33.3. The summed E-state index contributed by atoms with van der Waals surface area (Å²) in [5, 5.41) is 1.20. The molecule has 6 heteroatoms. The fraction of sp³-hybridized carbons (Fsp3) is 0.955. The van der Waals surface area contributed by atoms with Crippen LogP contribution in [0.1, 0.15) is 66.7 Å². The molecule has 0 heterocycles. The first kappa shape index (κ1) is 23.8. The van der Waals surface area contributed by atoms with Crippen molar-refractivity contribution in [2.75, 3.05) is 14.2 Å². The molecule has 0 aromatic rings. The number of alkyl halides is 1. The van der Waals surface area contributed by atoms with E-state index in [0.717, 1.165) is 37.2 Å². The van der Waals surface area contributed by atoms with E-state index in [0.29, 0.717) is 5.92 Å². The van der Waals surface area contributed by atoms with Gasteiger partial charge in [0.15, 0.2) is 14.5 Å². The quantitative estimate of drug-likeness (QED) is 0.419. The SMILES string of the molecule is CON(C)C(=O)[C@H](F)[C@@H](C)[C@H]1CC[C@H]2[C@@H](O[Si](C)(C)C(C)(C)C)CCC[C@]12C. The van der Waals surface area contributed by atoms with E-state index in [2.05, 4.69) is 40.8 Å². The average molecular weight is 416 g/mol. The molecule has 164 valence electrons. The van der Waals surface area contributed by atoms with E-state index in [9.17, 15) is 4.79 Å². The second-order valence-electron chi connectivity index (χ2n) is 10.9. The number of carbonyl (C=O) groups excluding carboxylic acids is 1. The van der Waals surface area contributed by atoms with Crippen molar-refractivity contribution in [3.8, 4) is 0 Å². The van der Waals surface area contributed by atoms with Crippen LogP contribution in [0.25, 0.3) is 0 Å². The van der Waals surface area contributed by atoms with E-state index < -0.39 is 20.4 Å². The van der Waals surface area contributed by atoms with Gasteiger partial charge in [0.25, 0.3) is 5.91 Å². The summed E-state index contributed by atoms with van der Waals surface area (Å²) in [6, 6.07) is 0. The number of halogens is 1. The summed E-state index contributed by atoms with van der Waals surface area (Å²) >= 11 is 0.